The van der Waals surface area contributed by atoms with E-state index in [-0.39, 0.29) is 10.6 Å². The average molecular weight is 432 g/mol. The van der Waals surface area contributed by atoms with E-state index in [2.05, 4.69) is 27.2 Å². The summed E-state index contributed by atoms with van der Waals surface area (Å²) in [7, 11) is 0. The minimum atomic E-state index is -1.17. The van der Waals surface area contributed by atoms with Gasteiger partial charge in [-0.15, -0.1) is 17.8 Å². The van der Waals surface area contributed by atoms with Gasteiger partial charge in [0.05, 0.1) is 6.26 Å². The van der Waals surface area contributed by atoms with E-state index in [0.717, 1.165) is 15.8 Å². The molecule has 26 heavy (non-hydrogen) atoms. The Hall–Kier alpha value is -2.82. The van der Waals surface area contributed by atoms with Crippen molar-refractivity contribution in [3.8, 4) is 12.3 Å². The summed E-state index contributed by atoms with van der Waals surface area (Å²) in [6.45, 7) is 1.83. The highest BCUT2D eigenvalue weighted by Crippen LogP contribution is 2.33. The SMILES string of the molecule is C#CC(=CC=C(C)Br)c1csc(NC(=O)C=Cc2ccco2)c1C(=O)O. The van der Waals surface area contributed by atoms with Gasteiger partial charge in [-0.3, -0.25) is 4.79 Å². The minimum Gasteiger partial charge on any atom is -0.478 e. The molecular formula is C19H14BrNO4S. The Balaban J connectivity index is 2.30. The number of hydrogen-bond acceptors (Lipinski definition) is 4. The normalized spacial score (nSPS) is 12.2. The molecule has 7 heteroatoms. The van der Waals surface area contributed by atoms with Crippen LogP contribution in [0, 0.1) is 12.3 Å². The van der Waals surface area contributed by atoms with Crippen molar-refractivity contribution in [2.75, 3.05) is 5.32 Å². The number of furan rings is 1. The van der Waals surface area contributed by atoms with Crippen molar-refractivity contribution in [1.82, 2.24) is 0 Å². The van der Waals surface area contributed by atoms with Gasteiger partial charge in [-0.1, -0.05) is 27.9 Å². The number of halogens is 1. The number of carboxylic acid groups (broad SMARTS) is 1. The van der Waals surface area contributed by atoms with Gasteiger partial charge >= 0.3 is 5.97 Å². The van der Waals surface area contributed by atoms with Crippen LogP contribution in [0.1, 0.15) is 28.6 Å². The van der Waals surface area contributed by atoms with Crippen molar-refractivity contribution >= 4 is 55.8 Å². The number of amides is 1. The maximum atomic E-state index is 12.0. The number of carbonyl (C=O) groups excluding carboxylic acids is 1. The third kappa shape index (κ3) is 5.09. The highest BCUT2D eigenvalue weighted by molar-refractivity contribution is 9.11. The Morgan fingerprint density at radius 1 is 1.42 bits per heavy atom. The topological polar surface area (TPSA) is 79.5 Å². The molecule has 0 saturated carbocycles. The summed E-state index contributed by atoms with van der Waals surface area (Å²) >= 11 is 4.38. The highest BCUT2D eigenvalue weighted by atomic mass is 79.9. The summed E-state index contributed by atoms with van der Waals surface area (Å²) in [5, 5.41) is 13.9. The third-order valence-corrected chi connectivity index (χ3v) is 4.27. The second-order valence-electron chi connectivity index (χ2n) is 4.97. The lowest BCUT2D eigenvalue weighted by Crippen LogP contribution is -2.10. The smallest absolute Gasteiger partial charge is 0.339 e. The number of nitrogens with one attached hydrogen (secondary N) is 1. The fraction of sp³-hybridized carbons (Fsp3) is 0.0526. The van der Waals surface area contributed by atoms with E-state index in [0.29, 0.717) is 16.9 Å². The summed E-state index contributed by atoms with van der Waals surface area (Å²) in [6, 6.07) is 3.39. The van der Waals surface area contributed by atoms with E-state index in [9.17, 15) is 14.7 Å². The van der Waals surface area contributed by atoms with Crippen LogP contribution in [0.4, 0.5) is 5.00 Å². The molecule has 0 fully saturated rings. The van der Waals surface area contributed by atoms with Crippen molar-refractivity contribution in [3.63, 3.8) is 0 Å². The Morgan fingerprint density at radius 3 is 2.77 bits per heavy atom. The van der Waals surface area contributed by atoms with Gasteiger partial charge in [0, 0.05) is 22.6 Å². The van der Waals surface area contributed by atoms with Gasteiger partial charge in [-0.25, -0.2) is 4.79 Å². The monoisotopic (exact) mass is 431 g/mol. The molecule has 2 rings (SSSR count). The Morgan fingerprint density at radius 2 is 2.19 bits per heavy atom. The van der Waals surface area contributed by atoms with Crippen LogP contribution in [-0.4, -0.2) is 17.0 Å². The summed E-state index contributed by atoms with van der Waals surface area (Å²) in [5.74, 6) is 1.35. The summed E-state index contributed by atoms with van der Waals surface area (Å²) < 4.78 is 5.94. The van der Waals surface area contributed by atoms with Gasteiger partial charge in [-0.2, -0.15) is 0 Å². The van der Waals surface area contributed by atoms with E-state index >= 15 is 0 Å². The zero-order chi connectivity index (χ0) is 19.1. The fourth-order valence-electron chi connectivity index (χ4n) is 1.97. The van der Waals surface area contributed by atoms with E-state index in [1.807, 2.05) is 6.92 Å². The van der Waals surface area contributed by atoms with Crippen LogP contribution in [0.25, 0.3) is 11.6 Å². The van der Waals surface area contributed by atoms with E-state index in [1.54, 1.807) is 29.7 Å². The number of terminal acetylenes is 1. The van der Waals surface area contributed by atoms with Crippen molar-refractivity contribution in [2.24, 2.45) is 0 Å². The molecule has 0 radical (unpaired) electrons. The van der Waals surface area contributed by atoms with Crippen molar-refractivity contribution in [1.29, 1.82) is 0 Å². The zero-order valence-corrected chi connectivity index (χ0v) is 16.1. The molecular weight excluding hydrogens is 418 g/mol. The molecule has 2 N–H and O–H groups in total. The number of thiophene rings is 1. The van der Waals surface area contributed by atoms with Gasteiger partial charge in [0.25, 0.3) is 0 Å². The lowest BCUT2D eigenvalue weighted by atomic mass is 10.0. The number of rotatable bonds is 6. The standard InChI is InChI=1S/C19H14BrNO4S/c1-3-13(7-6-12(2)20)15-11-26-18(17(15)19(23)24)21-16(22)9-8-14-5-4-10-25-14/h1,4-11H,2H3,(H,21,22)(H,23,24). The molecule has 2 aromatic heterocycles. The highest BCUT2D eigenvalue weighted by Gasteiger charge is 2.21. The van der Waals surface area contributed by atoms with Crippen LogP contribution in [-0.2, 0) is 4.79 Å². The molecule has 1 amide bonds. The number of carbonyl (C=O) groups is 2. The quantitative estimate of drug-likeness (QED) is 0.382. The lowest BCUT2D eigenvalue weighted by Gasteiger charge is -2.03. The van der Waals surface area contributed by atoms with Crippen LogP contribution in [0.5, 0.6) is 0 Å². The summed E-state index contributed by atoms with van der Waals surface area (Å²) in [5.41, 5.74) is 0.740. The lowest BCUT2D eigenvalue weighted by molar-refractivity contribution is -0.111. The van der Waals surface area contributed by atoms with Gasteiger partial charge in [0.1, 0.15) is 16.3 Å². The Kier molecular flexibility index (Phi) is 6.78. The van der Waals surface area contributed by atoms with Crippen molar-refractivity contribution in [2.45, 2.75) is 6.92 Å². The van der Waals surface area contributed by atoms with E-state index in [4.69, 9.17) is 10.8 Å². The minimum absolute atomic E-state index is 0.0421. The van der Waals surface area contributed by atoms with Gasteiger partial charge in [-0.05, 0) is 35.7 Å². The fourth-order valence-corrected chi connectivity index (χ4v) is 3.06. The summed E-state index contributed by atoms with van der Waals surface area (Å²) in [6.07, 6.45) is 13.1. The molecule has 0 spiro atoms. The van der Waals surface area contributed by atoms with Crippen molar-refractivity contribution < 1.29 is 19.1 Å². The first kappa shape index (κ1) is 19.5. The molecule has 2 aromatic rings. The Bertz CT molecular complexity index is 939. The molecule has 0 aliphatic carbocycles. The number of carboxylic acids is 1. The number of aromatic carboxylic acids is 1. The van der Waals surface area contributed by atoms with E-state index in [1.165, 1.54) is 18.4 Å². The van der Waals surface area contributed by atoms with E-state index < -0.39 is 11.9 Å². The first-order valence-electron chi connectivity index (χ1n) is 7.30. The van der Waals surface area contributed by atoms with Crippen LogP contribution in [0.3, 0.4) is 0 Å². The predicted octanol–water partition coefficient (Wildman–Crippen LogP) is 5.01. The number of anilines is 1. The predicted molar refractivity (Wildman–Crippen MR) is 107 cm³/mol. The number of allylic oxidation sites excluding steroid dienone is 4. The molecule has 0 aromatic carbocycles. The molecule has 2 heterocycles. The number of hydrogen-bond donors (Lipinski definition) is 2. The first-order valence-corrected chi connectivity index (χ1v) is 8.98. The molecule has 5 nitrogen and oxygen atoms in total. The first-order chi connectivity index (χ1) is 12.4. The second-order valence-corrected chi connectivity index (χ2v) is 7.11. The molecule has 132 valence electrons. The van der Waals surface area contributed by atoms with Crippen LogP contribution >= 0.6 is 27.3 Å². The largest absolute Gasteiger partial charge is 0.478 e. The van der Waals surface area contributed by atoms with Crippen LogP contribution < -0.4 is 5.32 Å². The average Bonchev–Trinajstić information content (AvgIpc) is 3.23. The third-order valence-electron chi connectivity index (χ3n) is 3.11. The van der Waals surface area contributed by atoms with Crippen LogP contribution in [0.15, 0.2) is 50.9 Å². The van der Waals surface area contributed by atoms with Gasteiger partial charge in [0.2, 0.25) is 5.91 Å². The molecule has 0 atom stereocenters. The van der Waals surface area contributed by atoms with Crippen LogP contribution in [0.2, 0.25) is 0 Å². The molecule has 0 aliphatic heterocycles. The van der Waals surface area contributed by atoms with Crippen molar-refractivity contribution in [3.05, 3.63) is 63.4 Å². The molecule has 0 bridgehead atoms. The maximum Gasteiger partial charge on any atom is 0.339 e. The summed E-state index contributed by atoms with van der Waals surface area (Å²) in [4.78, 5) is 23.7. The zero-order valence-electron chi connectivity index (χ0n) is 13.7. The van der Waals surface area contributed by atoms with Gasteiger partial charge in [0.15, 0.2) is 0 Å². The molecule has 0 unspecified atom stereocenters. The maximum absolute atomic E-state index is 12.0. The second kappa shape index (κ2) is 9.04. The molecule has 0 saturated heterocycles. The Labute approximate surface area is 162 Å². The molecule has 0 aliphatic rings. The van der Waals surface area contributed by atoms with Gasteiger partial charge < -0.3 is 14.8 Å².